The topological polar surface area (TPSA) is 67.1 Å². The molecule has 4 nitrogen and oxygen atoms in total. The highest BCUT2D eigenvalue weighted by Gasteiger charge is 2.05. The van der Waals surface area contributed by atoms with E-state index in [-0.39, 0.29) is 6.03 Å². The van der Waals surface area contributed by atoms with Gasteiger partial charge in [0.15, 0.2) is 0 Å². The summed E-state index contributed by atoms with van der Waals surface area (Å²) in [5.74, 6) is 0. The second-order valence-electron chi connectivity index (χ2n) is 4.52. The van der Waals surface area contributed by atoms with Gasteiger partial charge in [-0.1, -0.05) is 34.1 Å². The van der Waals surface area contributed by atoms with Crippen molar-refractivity contribution < 1.29 is 4.79 Å². The van der Waals surface area contributed by atoms with Crippen LogP contribution in [-0.4, -0.2) is 6.03 Å². The SMILES string of the molecule is Cc1ccc(N)c(NC(=O)NCc2ccc(Br)cc2)c1. The molecule has 0 saturated heterocycles. The Bertz CT molecular complexity index is 611. The summed E-state index contributed by atoms with van der Waals surface area (Å²) in [7, 11) is 0. The third kappa shape index (κ3) is 3.99. The number of hydrogen-bond acceptors (Lipinski definition) is 2. The van der Waals surface area contributed by atoms with E-state index in [9.17, 15) is 4.79 Å². The predicted molar refractivity (Wildman–Crippen MR) is 85.6 cm³/mol. The average Bonchev–Trinajstić information content (AvgIpc) is 2.42. The monoisotopic (exact) mass is 333 g/mol. The number of halogens is 1. The van der Waals surface area contributed by atoms with Crippen molar-refractivity contribution in [2.75, 3.05) is 11.1 Å². The number of nitrogens with one attached hydrogen (secondary N) is 2. The van der Waals surface area contributed by atoms with Gasteiger partial charge in [-0.15, -0.1) is 0 Å². The molecule has 5 heteroatoms. The van der Waals surface area contributed by atoms with Crippen molar-refractivity contribution in [3.63, 3.8) is 0 Å². The summed E-state index contributed by atoms with van der Waals surface area (Å²) in [6, 6.07) is 13.0. The van der Waals surface area contributed by atoms with E-state index in [2.05, 4.69) is 26.6 Å². The maximum absolute atomic E-state index is 11.8. The number of nitrogen functional groups attached to an aromatic ring is 1. The number of carbonyl (C=O) groups excluding carboxylic acids is 1. The zero-order valence-electron chi connectivity index (χ0n) is 11.1. The molecule has 2 aromatic carbocycles. The first kappa shape index (κ1) is 14.4. The molecular formula is C15H16BrN3O. The number of nitrogens with two attached hydrogens (primary N) is 1. The van der Waals surface area contributed by atoms with Crippen molar-refractivity contribution in [2.24, 2.45) is 0 Å². The van der Waals surface area contributed by atoms with Crippen LogP contribution in [0, 0.1) is 6.92 Å². The summed E-state index contributed by atoms with van der Waals surface area (Å²) in [4.78, 5) is 11.8. The number of benzene rings is 2. The first-order chi connectivity index (χ1) is 9.54. The molecule has 0 aliphatic carbocycles. The van der Waals surface area contributed by atoms with Crippen molar-refractivity contribution >= 4 is 33.3 Å². The lowest BCUT2D eigenvalue weighted by Gasteiger charge is -2.10. The zero-order valence-corrected chi connectivity index (χ0v) is 12.7. The van der Waals surface area contributed by atoms with E-state index in [0.29, 0.717) is 17.9 Å². The Morgan fingerprint density at radius 2 is 1.90 bits per heavy atom. The van der Waals surface area contributed by atoms with Crippen molar-refractivity contribution in [2.45, 2.75) is 13.5 Å². The summed E-state index contributed by atoms with van der Waals surface area (Å²) in [6.07, 6.45) is 0. The molecule has 4 N–H and O–H groups in total. The smallest absolute Gasteiger partial charge is 0.319 e. The molecule has 0 atom stereocenters. The Morgan fingerprint density at radius 3 is 2.60 bits per heavy atom. The molecule has 0 aromatic heterocycles. The maximum Gasteiger partial charge on any atom is 0.319 e. The minimum absolute atomic E-state index is 0.273. The maximum atomic E-state index is 11.8. The summed E-state index contributed by atoms with van der Waals surface area (Å²) in [5.41, 5.74) is 9.06. The second-order valence-corrected chi connectivity index (χ2v) is 5.44. The summed E-state index contributed by atoms with van der Waals surface area (Å²) in [5, 5.41) is 5.54. The number of carbonyl (C=O) groups is 1. The van der Waals surface area contributed by atoms with Gasteiger partial charge >= 0.3 is 6.03 Å². The molecule has 0 aliphatic heterocycles. The van der Waals surface area contributed by atoms with Crippen LogP contribution in [0.25, 0.3) is 0 Å². The summed E-state index contributed by atoms with van der Waals surface area (Å²) < 4.78 is 1.01. The van der Waals surface area contributed by atoms with Crippen LogP contribution >= 0.6 is 15.9 Å². The van der Waals surface area contributed by atoms with E-state index in [1.54, 1.807) is 6.07 Å². The molecule has 104 valence electrons. The molecular weight excluding hydrogens is 318 g/mol. The van der Waals surface area contributed by atoms with Gasteiger partial charge in [0.1, 0.15) is 0 Å². The molecule has 0 unspecified atom stereocenters. The molecule has 0 spiro atoms. The molecule has 20 heavy (non-hydrogen) atoms. The molecule has 0 fully saturated rings. The lowest BCUT2D eigenvalue weighted by atomic mass is 10.2. The minimum Gasteiger partial charge on any atom is -0.397 e. The first-order valence-corrected chi connectivity index (χ1v) is 6.99. The Morgan fingerprint density at radius 1 is 1.20 bits per heavy atom. The van der Waals surface area contributed by atoms with Gasteiger partial charge in [-0.3, -0.25) is 0 Å². The van der Waals surface area contributed by atoms with E-state index in [4.69, 9.17) is 5.73 Å². The molecule has 2 rings (SSSR count). The van der Waals surface area contributed by atoms with Gasteiger partial charge in [-0.25, -0.2) is 4.79 Å². The summed E-state index contributed by atoms with van der Waals surface area (Å²) >= 11 is 3.37. The molecule has 0 aliphatic rings. The highest BCUT2D eigenvalue weighted by molar-refractivity contribution is 9.10. The highest BCUT2D eigenvalue weighted by atomic mass is 79.9. The normalized spacial score (nSPS) is 10.1. The third-order valence-corrected chi connectivity index (χ3v) is 3.35. The van der Waals surface area contributed by atoms with Crippen molar-refractivity contribution in [1.82, 2.24) is 5.32 Å². The van der Waals surface area contributed by atoms with E-state index < -0.39 is 0 Å². The van der Waals surface area contributed by atoms with Gasteiger partial charge in [0.25, 0.3) is 0 Å². The van der Waals surface area contributed by atoms with E-state index >= 15 is 0 Å². The van der Waals surface area contributed by atoms with Crippen LogP contribution in [0.15, 0.2) is 46.9 Å². The minimum atomic E-state index is -0.273. The van der Waals surface area contributed by atoms with E-state index in [1.165, 1.54) is 0 Å². The van der Waals surface area contributed by atoms with Crippen molar-refractivity contribution in [3.8, 4) is 0 Å². The van der Waals surface area contributed by atoms with Gasteiger partial charge in [-0.2, -0.15) is 0 Å². The van der Waals surface area contributed by atoms with Gasteiger partial charge < -0.3 is 16.4 Å². The Kier molecular flexibility index (Phi) is 4.63. The van der Waals surface area contributed by atoms with E-state index in [1.807, 2.05) is 43.3 Å². The molecule has 0 heterocycles. The third-order valence-electron chi connectivity index (χ3n) is 2.82. The molecule has 2 amide bonds. The molecule has 0 radical (unpaired) electrons. The van der Waals surface area contributed by atoms with Crippen LogP contribution in [0.1, 0.15) is 11.1 Å². The van der Waals surface area contributed by atoms with Gasteiger partial charge in [0, 0.05) is 11.0 Å². The first-order valence-electron chi connectivity index (χ1n) is 6.20. The Labute approximate surface area is 126 Å². The van der Waals surface area contributed by atoms with Gasteiger partial charge in [-0.05, 0) is 42.3 Å². The number of hydrogen-bond donors (Lipinski definition) is 3. The quantitative estimate of drug-likeness (QED) is 0.750. The fourth-order valence-electron chi connectivity index (χ4n) is 1.73. The Hall–Kier alpha value is -2.01. The molecule has 2 aromatic rings. The van der Waals surface area contributed by atoms with Crippen LogP contribution in [0.3, 0.4) is 0 Å². The highest BCUT2D eigenvalue weighted by Crippen LogP contribution is 2.19. The van der Waals surface area contributed by atoms with Crippen molar-refractivity contribution in [3.05, 3.63) is 58.1 Å². The number of aryl methyl sites for hydroxylation is 1. The number of amides is 2. The predicted octanol–water partition coefficient (Wildman–Crippen LogP) is 3.66. The molecule has 0 bridgehead atoms. The number of anilines is 2. The van der Waals surface area contributed by atoms with Gasteiger partial charge in [0.05, 0.1) is 11.4 Å². The van der Waals surface area contributed by atoms with Crippen LogP contribution in [0.2, 0.25) is 0 Å². The fourth-order valence-corrected chi connectivity index (χ4v) is 1.99. The number of urea groups is 1. The second kappa shape index (κ2) is 6.43. The zero-order chi connectivity index (χ0) is 14.5. The fraction of sp³-hybridized carbons (Fsp3) is 0.133. The Balaban J connectivity index is 1.92. The standard InChI is InChI=1S/C15H16BrN3O/c1-10-2-7-13(17)14(8-10)19-15(20)18-9-11-3-5-12(16)6-4-11/h2-8H,9,17H2,1H3,(H2,18,19,20). The number of rotatable bonds is 3. The largest absolute Gasteiger partial charge is 0.397 e. The van der Waals surface area contributed by atoms with Crippen LogP contribution < -0.4 is 16.4 Å². The summed E-state index contributed by atoms with van der Waals surface area (Å²) in [6.45, 7) is 2.41. The van der Waals surface area contributed by atoms with Gasteiger partial charge in [0.2, 0.25) is 0 Å². The lowest BCUT2D eigenvalue weighted by molar-refractivity contribution is 0.252. The van der Waals surface area contributed by atoms with E-state index in [0.717, 1.165) is 15.6 Å². The van der Waals surface area contributed by atoms with Crippen LogP contribution in [-0.2, 0) is 6.54 Å². The average molecular weight is 334 g/mol. The van der Waals surface area contributed by atoms with Crippen molar-refractivity contribution in [1.29, 1.82) is 0 Å². The molecule has 0 saturated carbocycles. The lowest BCUT2D eigenvalue weighted by Crippen LogP contribution is -2.28. The van der Waals surface area contributed by atoms with Crippen LogP contribution in [0.5, 0.6) is 0 Å². The van der Waals surface area contributed by atoms with Crippen LogP contribution in [0.4, 0.5) is 16.2 Å².